The van der Waals surface area contributed by atoms with Gasteiger partial charge in [-0.05, 0) is 35.6 Å². The lowest BCUT2D eigenvalue weighted by molar-refractivity contribution is 1.56. The van der Waals surface area contributed by atoms with Crippen LogP contribution in [0, 0.1) is 6.92 Å². The Bertz CT molecular complexity index is 690. The lowest BCUT2D eigenvalue weighted by Gasteiger charge is -1.91. The summed E-state index contributed by atoms with van der Waals surface area (Å²) in [5, 5.41) is 1.34. The van der Waals surface area contributed by atoms with Crippen molar-refractivity contribution in [3.05, 3.63) is 70.6 Å². The minimum Gasteiger partial charge on any atom is -0.136 e. The Balaban J connectivity index is 1.96. The van der Waals surface area contributed by atoms with Gasteiger partial charge in [-0.15, -0.1) is 11.3 Å². The highest BCUT2D eigenvalue weighted by Crippen LogP contribution is 2.29. The van der Waals surface area contributed by atoms with Crippen LogP contribution in [0.3, 0.4) is 0 Å². The van der Waals surface area contributed by atoms with Crippen LogP contribution in [0.4, 0.5) is 0 Å². The molecule has 1 heteroatoms. The van der Waals surface area contributed by atoms with Gasteiger partial charge in [0.1, 0.15) is 0 Å². The van der Waals surface area contributed by atoms with Crippen LogP contribution in [0.1, 0.15) is 16.0 Å². The van der Waals surface area contributed by atoms with Crippen molar-refractivity contribution in [1.82, 2.24) is 0 Å². The average molecular weight is 250 g/mol. The van der Waals surface area contributed by atoms with Gasteiger partial charge in [0.05, 0.1) is 0 Å². The monoisotopic (exact) mass is 250 g/mol. The molecule has 0 nitrogen and oxygen atoms in total. The molecular formula is C17H14S. The van der Waals surface area contributed by atoms with E-state index in [-0.39, 0.29) is 0 Å². The van der Waals surface area contributed by atoms with E-state index in [4.69, 9.17) is 0 Å². The lowest BCUT2D eigenvalue weighted by atomic mass is 10.2. The molecule has 0 saturated carbocycles. The molecule has 0 N–H and O–H groups in total. The standard InChI is InChI=1S/C17H14S/c1-13-6-5-9-15-12-16(18-17(13)15)11-10-14-7-3-2-4-8-14/h2-12H,1H3. The summed E-state index contributed by atoms with van der Waals surface area (Å²) in [5.74, 6) is 0. The smallest absolute Gasteiger partial charge is 0.0378 e. The Morgan fingerprint density at radius 2 is 1.72 bits per heavy atom. The summed E-state index contributed by atoms with van der Waals surface area (Å²) in [6, 6.07) is 19.1. The SMILES string of the molecule is Cc1cccc2cc(C=Cc3ccccc3)sc12. The first-order chi connectivity index (χ1) is 8.83. The first-order valence-electron chi connectivity index (χ1n) is 6.05. The van der Waals surface area contributed by atoms with Crippen molar-refractivity contribution in [2.75, 3.05) is 0 Å². The van der Waals surface area contributed by atoms with Crippen LogP contribution in [0.2, 0.25) is 0 Å². The van der Waals surface area contributed by atoms with E-state index in [9.17, 15) is 0 Å². The van der Waals surface area contributed by atoms with E-state index in [1.54, 1.807) is 0 Å². The zero-order chi connectivity index (χ0) is 12.4. The number of hydrogen-bond donors (Lipinski definition) is 0. The molecule has 1 heterocycles. The number of hydrogen-bond acceptors (Lipinski definition) is 1. The summed E-state index contributed by atoms with van der Waals surface area (Å²) in [7, 11) is 0. The molecule has 0 saturated heterocycles. The van der Waals surface area contributed by atoms with Crippen molar-refractivity contribution < 1.29 is 0 Å². The van der Waals surface area contributed by atoms with Gasteiger partial charge >= 0.3 is 0 Å². The minimum absolute atomic E-state index is 1.24. The third kappa shape index (κ3) is 2.22. The van der Waals surface area contributed by atoms with Crippen LogP contribution in [-0.2, 0) is 0 Å². The number of rotatable bonds is 2. The molecule has 0 unspecified atom stereocenters. The summed E-state index contributed by atoms with van der Waals surface area (Å²) in [5.41, 5.74) is 2.60. The summed E-state index contributed by atoms with van der Waals surface area (Å²) >= 11 is 1.86. The largest absolute Gasteiger partial charge is 0.136 e. The molecule has 0 spiro atoms. The van der Waals surface area contributed by atoms with Crippen LogP contribution < -0.4 is 0 Å². The highest BCUT2D eigenvalue weighted by molar-refractivity contribution is 7.20. The van der Waals surface area contributed by atoms with E-state index < -0.39 is 0 Å². The number of fused-ring (bicyclic) bond motifs is 1. The zero-order valence-electron chi connectivity index (χ0n) is 10.3. The molecule has 0 atom stereocenters. The van der Waals surface area contributed by atoms with Gasteiger partial charge in [-0.2, -0.15) is 0 Å². The van der Waals surface area contributed by atoms with Gasteiger partial charge in [0.25, 0.3) is 0 Å². The van der Waals surface area contributed by atoms with E-state index in [2.05, 4.69) is 67.6 Å². The molecule has 1 aromatic heterocycles. The molecule has 0 bridgehead atoms. The van der Waals surface area contributed by atoms with Crippen LogP contribution >= 0.6 is 11.3 Å². The quantitative estimate of drug-likeness (QED) is 0.572. The third-order valence-corrected chi connectivity index (χ3v) is 4.25. The van der Waals surface area contributed by atoms with E-state index in [0.29, 0.717) is 0 Å². The maximum atomic E-state index is 2.26. The molecule has 18 heavy (non-hydrogen) atoms. The van der Waals surface area contributed by atoms with E-state index in [1.165, 1.54) is 26.1 Å². The molecule has 0 aliphatic rings. The van der Waals surface area contributed by atoms with E-state index >= 15 is 0 Å². The highest BCUT2D eigenvalue weighted by atomic mass is 32.1. The molecule has 0 radical (unpaired) electrons. The summed E-state index contributed by atoms with van der Waals surface area (Å²) in [6.07, 6.45) is 4.36. The van der Waals surface area contributed by atoms with Crippen molar-refractivity contribution in [2.24, 2.45) is 0 Å². The van der Waals surface area contributed by atoms with Gasteiger partial charge in [-0.3, -0.25) is 0 Å². The van der Waals surface area contributed by atoms with Gasteiger partial charge < -0.3 is 0 Å². The number of benzene rings is 2. The zero-order valence-corrected chi connectivity index (χ0v) is 11.1. The van der Waals surface area contributed by atoms with Crippen LogP contribution in [0.25, 0.3) is 22.2 Å². The fourth-order valence-corrected chi connectivity index (χ4v) is 3.08. The summed E-state index contributed by atoms with van der Waals surface area (Å²) < 4.78 is 1.39. The Morgan fingerprint density at radius 3 is 2.50 bits per heavy atom. The first kappa shape index (κ1) is 11.2. The van der Waals surface area contributed by atoms with Gasteiger partial charge in [0.15, 0.2) is 0 Å². The molecule has 0 aliphatic carbocycles. The van der Waals surface area contributed by atoms with E-state index in [1.807, 2.05) is 17.4 Å². The molecule has 88 valence electrons. The Hall–Kier alpha value is -1.86. The fourth-order valence-electron chi connectivity index (χ4n) is 2.05. The van der Waals surface area contributed by atoms with Crippen molar-refractivity contribution >= 4 is 33.6 Å². The van der Waals surface area contributed by atoms with Gasteiger partial charge in [-0.25, -0.2) is 0 Å². The molecule has 2 aromatic carbocycles. The van der Waals surface area contributed by atoms with Gasteiger partial charge in [0.2, 0.25) is 0 Å². The van der Waals surface area contributed by atoms with Crippen LogP contribution in [0.5, 0.6) is 0 Å². The normalized spacial score (nSPS) is 11.4. The molecule has 0 aliphatic heterocycles. The maximum Gasteiger partial charge on any atom is 0.0378 e. The number of aryl methyl sites for hydroxylation is 1. The van der Waals surface area contributed by atoms with Gasteiger partial charge in [0, 0.05) is 9.58 Å². The average Bonchev–Trinajstić information content (AvgIpc) is 2.82. The Kier molecular flexibility index (Phi) is 2.99. The molecule has 3 rings (SSSR count). The molecule has 0 amide bonds. The predicted octanol–water partition coefficient (Wildman–Crippen LogP) is 5.38. The van der Waals surface area contributed by atoms with Gasteiger partial charge in [-0.1, -0.05) is 54.6 Å². The Morgan fingerprint density at radius 1 is 0.889 bits per heavy atom. The maximum absolute atomic E-state index is 2.26. The van der Waals surface area contributed by atoms with Crippen molar-refractivity contribution in [2.45, 2.75) is 6.92 Å². The first-order valence-corrected chi connectivity index (χ1v) is 6.87. The topological polar surface area (TPSA) is 0 Å². The third-order valence-electron chi connectivity index (χ3n) is 3.00. The van der Waals surface area contributed by atoms with E-state index in [0.717, 1.165) is 0 Å². The molecule has 0 fully saturated rings. The summed E-state index contributed by atoms with van der Waals surface area (Å²) in [6.45, 7) is 2.17. The minimum atomic E-state index is 1.24. The van der Waals surface area contributed by atoms with Crippen molar-refractivity contribution in [3.63, 3.8) is 0 Å². The second-order valence-electron chi connectivity index (χ2n) is 4.39. The second-order valence-corrected chi connectivity index (χ2v) is 5.47. The highest BCUT2D eigenvalue weighted by Gasteiger charge is 2.01. The lowest BCUT2D eigenvalue weighted by Crippen LogP contribution is -1.68. The van der Waals surface area contributed by atoms with Crippen LogP contribution in [0.15, 0.2) is 54.6 Å². The van der Waals surface area contributed by atoms with Crippen molar-refractivity contribution in [3.8, 4) is 0 Å². The van der Waals surface area contributed by atoms with Crippen LogP contribution in [-0.4, -0.2) is 0 Å². The molecular weight excluding hydrogens is 236 g/mol. The number of thiophene rings is 1. The fraction of sp³-hybridized carbons (Fsp3) is 0.0588. The predicted molar refractivity (Wildman–Crippen MR) is 81.9 cm³/mol. The second kappa shape index (κ2) is 4.79. The molecule has 3 aromatic rings. The summed E-state index contributed by atoms with van der Waals surface area (Å²) in [4.78, 5) is 1.31. The van der Waals surface area contributed by atoms with Crippen molar-refractivity contribution in [1.29, 1.82) is 0 Å². The Labute approximate surface area is 111 Å².